The Balaban J connectivity index is 0.00000111. The summed E-state index contributed by atoms with van der Waals surface area (Å²) in [6.07, 6.45) is 8.05. The monoisotopic (exact) mass is 448 g/mol. The van der Waals surface area contributed by atoms with Crippen LogP contribution in [0.5, 0.6) is 5.88 Å². The van der Waals surface area contributed by atoms with Gasteiger partial charge in [-0.2, -0.15) is 5.10 Å². The molecule has 0 bridgehead atoms. The minimum atomic E-state index is 0.480. The Hall–Kier alpha value is -2.97. The van der Waals surface area contributed by atoms with E-state index in [0.29, 0.717) is 24.6 Å². The van der Waals surface area contributed by atoms with Crippen molar-refractivity contribution >= 4 is 5.69 Å². The molecule has 8 nitrogen and oxygen atoms in total. The van der Waals surface area contributed by atoms with Gasteiger partial charge >= 0.3 is 0 Å². The molecular formula is C25H32N6O2. The predicted molar refractivity (Wildman–Crippen MR) is 128 cm³/mol. The van der Waals surface area contributed by atoms with Gasteiger partial charge in [-0.05, 0) is 44.2 Å². The van der Waals surface area contributed by atoms with E-state index < -0.39 is 0 Å². The zero-order valence-electron chi connectivity index (χ0n) is 19.6. The summed E-state index contributed by atoms with van der Waals surface area (Å²) in [6, 6.07) is 9.34. The zero-order valence-corrected chi connectivity index (χ0v) is 19.6. The van der Waals surface area contributed by atoms with Gasteiger partial charge in [-0.15, -0.1) is 0 Å². The van der Waals surface area contributed by atoms with E-state index in [1.165, 1.54) is 18.5 Å². The quantitative estimate of drug-likeness (QED) is 0.605. The number of piperidine rings is 1. The highest BCUT2D eigenvalue weighted by atomic mass is 16.5. The fraction of sp³-hybridized carbons (Fsp3) is 0.480. The molecule has 0 atom stereocenters. The molecule has 0 unspecified atom stereocenters. The van der Waals surface area contributed by atoms with Crippen LogP contribution in [0.1, 0.15) is 32.3 Å². The van der Waals surface area contributed by atoms with Crippen LogP contribution in [0.2, 0.25) is 0 Å². The van der Waals surface area contributed by atoms with E-state index in [0.717, 1.165) is 48.9 Å². The third kappa shape index (κ3) is 4.20. The number of hydrogen-bond acceptors (Lipinski definition) is 7. The molecule has 0 radical (unpaired) electrons. The van der Waals surface area contributed by atoms with Gasteiger partial charge in [-0.25, -0.2) is 14.6 Å². The topological polar surface area (TPSA) is 68.5 Å². The average Bonchev–Trinajstić information content (AvgIpc) is 3.29. The maximum absolute atomic E-state index is 5.75. The normalized spacial score (nSPS) is 18.0. The van der Waals surface area contributed by atoms with Crippen molar-refractivity contribution in [2.24, 2.45) is 0 Å². The van der Waals surface area contributed by atoms with Gasteiger partial charge in [0, 0.05) is 37.1 Å². The van der Waals surface area contributed by atoms with Gasteiger partial charge in [0.1, 0.15) is 12.3 Å². The van der Waals surface area contributed by atoms with Crippen LogP contribution in [0.3, 0.4) is 0 Å². The third-order valence-corrected chi connectivity index (χ3v) is 6.75. The van der Waals surface area contributed by atoms with Crippen molar-refractivity contribution in [3.8, 4) is 23.0 Å². The maximum Gasteiger partial charge on any atom is 0.223 e. The van der Waals surface area contributed by atoms with E-state index in [4.69, 9.17) is 19.6 Å². The van der Waals surface area contributed by atoms with Crippen LogP contribution in [0.25, 0.3) is 17.1 Å². The number of ether oxygens (including phenoxy) is 2. The smallest absolute Gasteiger partial charge is 0.223 e. The van der Waals surface area contributed by atoms with Crippen LogP contribution < -0.4 is 9.64 Å². The largest absolute Gasteiger partial charge is 0.472 e. The minimum absolute atomic E-state index is 0.480. The lowest BCUT2D eigenvalue weighted by atomic mass is 10.0. The van der Waals surface area contributed by atoms with E-state index in [-0.39, 0.29) is 0 Å². The summed E-state index contributed by atoms with van der Waals surface area (Å²) in [4.78, 5) is 13.9. The van der Waals surface area contributed by atoms with Crippen molar-refractivity contribution < 1.29 is 9.47 Å². The van der Waals surface area contributed by atoms with Gasteiger partial charge in [0.05, 0.1) is 36.7 Å². The molecule has 2 fully saturated rings. The summed E-state index contributed by atoms with van der Waals surface area (Å²) in [7, 11) is 2.24. The second kappa shape index (κ2) is 9.49. The Morgan fingerprint density at radius 2 is 1.85 bits per heavy atom. The molecule has 3 aromatic rings. The Morgan fingerprint density at radius 1 is 1.03 bits per heavy atom. The highest BCUT2D eigenvalue weighted by Crippen LogP contribution is 2.35. The van der Waals surface area contributed by atoms with Gasteiger partial charge in [0.15, 0.2) is 5.82 Å². The molecule has 174 valence electrons. The van der Waals surface area contributed by atoms with Crippen LogP contribution >= 0.6 is 0 Å². The van der Waals surface area contributed by atoms with E-state index in [9.17, 15) is 0 Å². The lowest BCUT2D eigenvalue weighted by molar-refractivity contribution is -0.0718. The number of hydrogen-bond donors (Lipinski definition) is 0. The Morgan fingerprint density at radius 3 is 2.55 bits per heavy atom. The highest BCUT2D eigenvalue weighted by Gasteiger charge is 2.31. The van der Waals surface area contributed by atoms with Crippen molar-refractivity contribution in [2.45, 2.75) is 45.4 Å². The first kappa shape index (κ1) is 21.9. The van der Waals surface area contributed by atoms with Crippen molar-refractivity contribution in [3.63, 3.8) is 0 Å². The first-order chi connectivity index (χ1) is 16.3. The van der Waals surface area contributed by atoms with Crippen LogP contribution in [-0.2, 0) is 11.3 Å². The molecule has 0 spiro atoms. The fourth-order valence-corrected chi connectivity index (χ4v) is 4.68. The number of rotatable bonds is 4. The van der Waals surface area contributed by atoms with Crippen LogP contribution in [0.4, 0.5) is 5.69 Å². The van der Waals surface area contributed by atoms with E-state index in [2.05, 4.69) is 27.9 Å². The van der Waals surface area contributed by atoms with Crippen LogP contribution in [-0.4, -0.2) is 70.1 Å². The van der Waals surface area contributed by atoms with Gasteiger partial charge in [-0.1, -0.05) is 13.8 Å². The minimum Gasteiger partial charge on any atom is -0.472 e. The lowest BCUT2D eigenvalue weighted by Crippen LogP contribution is -2.54. The van der Waals surface area contributed by atoms with Crippen molar-refractivity contribution in [2.75, 3.05) is 38.3 Å². The molecule has 0 aromatic carbocycles. The van der Waals surface area contributed by atoms with Crippen LogP contribution in [0.15, 0.2) is 42.9 Å². The van der Waals surface area contributed by atoms with Gasteiger partial charge < -0.3 is 14.4 Å². The number of likely N-dealkylation sites (N-methyl/N-ethyl adjacent to an activating group) is 1. The second-order valence-corrected chi connectivity index (χ2v) is 8.54. The van der Waals surface area contributed by atoms with Gasteiger partial charge in [0.25, 0.3) is 0 Å². The zero-order chi connectivity index (χ0) is 22.8. The van der Waals surface area contributed by atoms with E-state index >= 15 is 0 Å². The number of anilines is 1. The molecule has 6 heterocycles. The van der Waals surface area contributed by atoms with E-state index in [1.807, 2.05) is 49.1 Å². The molecule has 3 aliphatic rings. The molecule has 8 heteroatoms. The molecule has 0 amide bonds. The number of fused-ring (bicyclic) bond motifs is 3. The maximum atomic E-state index is 5.75. The van der Waals surface area contributed by atoms with E-state index in [1.54, 1.807) is 6.20 Å². The second-order valence-electron chi connectivity index (χ2n) is 8.54. The summed E-state index contributed by atoms with van der Waals surface area (Å²) in [5.74, 6) is 1.45. The molecular weight excluding hydrogens is 416 g/mol. The first-order valence-electron chi connectivity index (χ1n) is 11.9. The summed E-state index contributed by atoms with van der Waals surface area (Å²) in [6.45, 7) is 8.36. The molecule has 0 aliphatic carbocycles. The molecule has 33 heavy (non-hydrogen) atoms. The summed E-state index contributed by atoms with van der Waals surface area (Å²) in [5, 5.41) is 4.77. The lowest BCUT2D eigenvalue weighted by Gasteiger charge is -2.43. The van der Waals surface area contributed by atoms with Crippen LogP contribution in [0, 0.1) is 0 Å². The SMILES string of the molecule is CC.CN(C1CCN(c2ccc(-n3cc4c(n3)-c3cccnc3OC4)nc2)CC1)C1COC1. The molecule has 0 saturated carbocycles. The molecule has 3 aromatic heterocycles. The molecule has 0 N–H and O–H groups in total. The van der Waals surface area contributed by atoms with Gasteiger partial charge in [0.2, 0.25) is 5.88 Å². The van der Waals surface area contributed by atoms with Crippen molar-refractivity contribution in [1.82, 2.24) is 24.6 Å². The summed E-state index contributed by atoms with van der Waals surface area (Å²) >= 11 is 0. The molecule has 6 rings (SSSR count). The first-order valence-corrected chi connectivity index (χ1v) is 11.9. The molecule has 3 aliphatic heterocycles. The Bertz CT molecular complexity index is 1070. The van der Waals surface area contributed by atoms with Crippen molar-refractivity contribution in [3.05, 3.63) is 48.4 Å². The highest BCUT2D eigenvalue weighted by molar-refractivity contribution is 5.69. The average molecular weight is 449 g/mol. The summed E-state index contributed by atoms with van der Waals surface area (Å²) < 4.78 is 12.9. The van der Waals surface area contributed by atoms with Crippen molar-refractivity contribution in [1.29, 1.82) is 0 Å². The standard InChI is InChI=1S/C23H26N6O2.C2H6/c1-27(19-14-30-15-19)17-6-9-28(10-7-17)18-4-5-21(25-11-18)29-12-16-13-31-23-20(22(16)26-29)3-2-8-24-23;1-2/h2-5,8,11-12,17,19H,6-7,9-10,13-15H2,1H3;1-2H3. The summed E-state index contributed by atoms with van der Waals surface area (Å²) in [5.41, 5.74) is 4.07. The number of aromatic nitrogens is 4. The molecule has 2 saturated heterocycles. The Labute approximate surface area is 195 Å². The number of nitrogens with zero attached hydrogens (tertiary/aromatic N) is 6. The van der Waals surface area contributed by atoms with Gasteiger partial charge in [-0.3, -0.25) is 4.90 Å². The third-order valence-electron chi connectivity index (χ3n) is 6.75. The number of pyridine rings is 2. The Kier molecular flexibility index (Phi) is 6.28. The fourth-order valence-electron chi connectivity index (χ4n) is 4.68. The predicted octanol–water partition coefficient (Wildman–Crippen LogP) is 3.55.